The number of aromatic nitrogens is 1. The van der Waals surface area contributed by atoms with Gasteiger partial charge in [0.15, 0.2) is 5.78 Å². The fourth-order valence-corrected chi connectivity index (χ4v) is 4.77. The summed E-state index contributed by atoms with van der Waals surface area (Å²) < 4.78 is 5.00. The van der Waals surface area contributed by atoms with Crippen LogP contribution in [-0.4, -0.2) is 41.3 Å². The van der Waals surface area contributed by atoms with Crippen LogP contribution in [0.25, 0.3) is 11.1 Å². The minimum Gasteiger partial charge on any atom is -0.468 e. The second kappa shape index (κ2) is 10.7. The third kappa shape index (κ3) is 5.26. The summed E-state index contributed by atoms with van der Waals surface area (Å²) in [5, 5.41) is 0. The zero-order valence-corrected chi connectivity index (χ0v) is 20.2. The van der Waals surface area contributed by atoms with E-state index in [0.717, 1.165) is 59.2 Å². The molecule has 0 spiro atoms. The van der Waals surface area contributed by atoms with E-state index < -0.39 is 0 Å². The molecule has 3 aromatic rings. The van der Waals surface area contributed by atoms with E-state index in [9.17, 15) is 9.59 Å². The van der Waals surface area contributed by atoms with Gasteiger partial charge in [0.2, 0.25) is 0 Å². The Morgan fingerprint density at radius 2 is 1.82 bits per heavy atom. The Balaban J connectivity index is 1.49. The van der Waals surface area contributed by atoms with E-state index in [2.05, 4.69) is 35.0 Å². The van der Waals surface area contributed by atoms with E-state index in [-0.39, 0.29) is 17.8 Å². The lowest BCUT2D eigenvalue weighted by atomic mass is 9.93. The van der Waals surface area contributed by atoms with Crippen LogP contribution in [0.4, 0.5) is 0 Å². The summed E-state index contributed by atoms with van der Waals surface area (Å²) in [7, 11) is 1.44. The predicted octanol–water partition coefficient (Wildman–Crippen LogP) is 5.32. The Labute approximate surface area is 201 Å². The number of carbonyl (C=O) groups excluding carboxylic acids is 2. The van der Waals surface area contributed by atoms with Gasteiger partial charge in [0.05, 0.1) is 7.11 Å². The molecule has 0 aliphatic carbocycles. The number of ketones is 1. The first kappa shape index (κ1) is 23.8. The number of esters is 1. The van der Waals surface area contributed by atoms with E-state index >= 15 is 0 Å². The number of nitrogens with zero attached hydrogens (tertiary/aromatic N) is 2. The van der Waals surface area contributed by atoms with Gasteiger partial charge in [-0.1, -0.05) is 55.0 Å². The number of ether oxygens (including phenoxy) is 1. The molecule has 0 saturated carbocycles. The van der Waals surface area contributed by atoms with Crippen molar-refractivity contribution < 1.29 is 14.3 Å². The molecular formula is C29H32N2O3. The number of piperidine rings is 1. The maximum atomic E-state index is 13.1. The van der Waals surface area contributed by atoms with Gasteiger partial charge in [-0.3, -0.25) is 19.5 Å². The second-order valence-corrected chi connectivity index (χ2v) is 9.06. The molecule has 0 unspecified atom stereocenters. The SMILES string of the molecule is COC(=O)[C@@H]1CCCCN1Cc1cnc(C(=O)Cc2cccc(-c3ccccc3)c2C)cc1C. The third-order valence-corrected chi connectivity index (χ3v) is 6.85. The maximum Gasteiger partial charge on any atom is 0.323 e. The van der Waals surface area contributed by atoms with Crippen LogP contribution in [0.1, 0.15) is 52.0 Å². The zero-order chi connectivity index (χ0) is 24.1. The number of methoxy groups -OCH3 is 1. The molecule has 2 heterocycles. The van der Waals surface area contributed by atoms with Gasteiger partial charge in [-0.15, -0.1) is 0 Å². The zero-order valence-electron chi connectivity index (χ0n) is 20.2. The third-order valence-electron chi connectivity index (χ3n) is 6.85. The van der Waals surface area contributed by atoms with Crippen LogP contribution in [0, 0.1) is 13.8 Å². The molecule has 5 heteroatoms. The number of hydrogen-bond donors (Lipinski definition) is 0. The Morgan fingerprint density at radius 3 is 2.56 bits per heavy atom. The van der Waals surface area contributed by atoms with E-state index in [4.69, 9.17) is 4.74 Å². The minimum atomic E-state index is -0.209. The van der Waals surface area contributed by atoms with Crippen molar-refractivity contribution in [1.82, 2.24) is 9.88 Å². The van der Waals surface area contributed by atoms with Crippen LogP contribution < -0.4 is 0 Å². The first-order chi connectivity index (χ1) is 16.5. The largest absolute Gasteiger partial charge is 0.468 e. The lowest BCUT2D eigenvalue weighted by Gasteiger charge is -2.33. The molecular weight excluding hydrogens is 424 g/mol. The molecule has 5 nitrogen and oxygen atoms in total. The molecule has 4 rings (SSSR count). The van der Waals surface area contributed by atoms with Crippen LogP contribution in [-0.2, 0) is 22.5 Å². The lowest BCUT2D eigenvalue weighted by molar-refractivity contribution is -0.148. The molecule has 176 valence electrons. The van der Waals surface area contributed by atoms with Gasteiger partial charge in [-0.25, -0.2) is 0 Å². The predicted molar refractivity (Wildman–Crippen MR) is 134 cm³/mol. The summed E-state index contributed by atoms with van der Waals surface area (Å²) in [6, 6.07) is 18.0. The highest BCUT2D eigenvalue weighted by molar-refractivity contribution is 5.96. The number of likely N-dealkylation sites (tertiary alicyclic amines) is 1. The lowest BCUT2D eigenvalue weighted by Crippen LogP contribution is -2.44. The van der Waals surface area contributed by atoms with Crippen molar-refractivity contribution in [3.8, 4) is 11.1 Å². The standard InChI is InChI=1S/C29H32N2O3/c1-20-16-26(30-18-24(20)19-31-15-8-7-14-27(31)29(33)34-3)28(32)17-23-12-9-13-25(21(23)2)22-10-5-4-6-11-22/h4-6,9-13,16,18,27H,7-8,14-15,17,19H2,1-3H3/t27-/m0/s1. The first-order valence-electron chi connectivity index (χ1n) is 11.9. The monoisotopic (exact) mass is 456 g/mol. The number of benzene rings is 2. The summed E-state index contributed by atoms with van der Waals surface area (Å²) in [6.07, 6.45) is 5.02. The Bertz CT molecular complexity index is 1170. The van der Waals surface area contributed by atoms with Crippen molar-refractivity contribution in [2.75, 3.05) is 13.7 Å². The van der Waals surface area contributed by atoms with Gasteiger partial charge in [-0.2, -0.15) is 0 Å². The molecule has 1 fully saturated rings. The van der Waals surface area contributed by atoms with Gasteiger partial charge in [0.1, 0.15) is 11.7 Å². The Morgan fingerprint density at radius 1 is 1.03 bits per heavy atom. The summed E-state index contributed by atoms with van der Waals surface area (Å²) in [6.45, 7) is 5.57. The van der Waals surface area contributed by atoms with Crippen LogP contribution >= 0.6 is 0 Å². The highest BCUT2D eigenvalue weighted by atomic mass is 16.5. The van der Waals surface area contributed by atoms with Crippen molar-refractivity contribution in [3.63, 3.8) is 0 Å². The molecule has 1 aromatic heterocycles. The number of Topliss-reactive ketones (excluding diaryl/α,β-unsaturated/α-hetero) is 1. The Hall–Kier alpha value is -3.31. The molecule has 34 heavy (non-hydrogen) atoms. The normalized spacial score (nSPS) is 16.3. The van der Waals surface area contributed by atoms with Gasteiger partial charge in [-0.05, 0) is 72.7 Å². The summed E-state index contributed by atoms with van der Waals surface area (Å²) in [5.74, 6) is -0.168. The van der Waals surface area contributed by atoms with Gasteiger partial charge >= 0.3 is 5.97 Å². The number of rotatable bonds is 7. The first-order valence-corrected chi connectivity index (χ1v) is 11.9. The highest BCUT2D eigenvalue weighted by Crippen LogP contribution is 2.27. The molecule has 0 N–H and O–H groups in total. The highest BCUT2D eigenvalue weighted by Gasteiger charge is 2.29. The molecule has 2 aromatic carbocycles. The molecule has 1 atom stereocenters. The van der Waals surface area contributed by atoms with Crippen LogP contribution in [0.2, 0.25) is 0 Å². The van der Waals surface area contributed by atoms with Crippen molar-refractivity contribution in [1.29, 1.82) is 0 Å². The van der Waals surface area contributed by atoms with Crippen LogP contribution in [0.15, 0.2) is 60.8 Å². The van der Waals surface area contributed by atoms with Crippen molar-refractivity contribution >= 4 is 11.8 Å². The smallest absolute Gasteiger partial charge is 0.323 e. The van der Waals surface area contributed by atoms with Crippen molar-refractivity contribution in [3.05, 3.63) is 88.7 Å². The van der Waals surface area contributed by atoms with Gasteiger partial charge in [0.25, 0.3) is 0 Å². The summed E-state index contributed by atoms with van der Waals surface area (Å²) in [5.41, 5.74) is 6.96. The van der Waals surface area contributed by atoms with Crippen molar-refractivity contribution in [2.24, 2.45) is 0 Å². The van der Waals surface area contributed by atoms with Crippen molar-refractivity contribution in [2.45, 2.75) is 52.1 Å². The van der Waals surface area contributed by atoms with E-state index in [1.165, 1.54) is 7.11 Å². The maximum absolute atomic E-state index is 13.1. The van der Waals surface area contributed by atoms with Gasteiger partial charge in [0, 0.05) is 19.2 Å². The molecule has 1 saturated heterocycles. The quantitative estimate of drug-likeness (QED) is 0.356. The molecule has 0 amide bonds. The number of aryl methyl sites for hydroxylation is 1. The average molecular weight is 457 g/mol. The summed E-state index contributed by atoms with van der Waals surface area (Å²) in [4.78, 5) is 32.0. The van der Waals surface area contributed by atoms with Crippen LogP contribution in [0.5, 0.6) is 0 Å². The van der Waals surface area contributed by atoms with E-state index in [0.29, 0.717) is 18.7 Å². The minimum absolute atomic E-state index is 0.00775. The van der Waals surface area contributed by atoms with Crippen LogP contribution in [0.3, 0.4) is 0 Å². The Kier molecular flexibility index (Phi) is 7.53. The topological polar surface area (TPSA) is 59.5 Å². The molecule has 1 aliphatic heterocycles. The average Bonchev–Trinajstić information content (AvgIpc) is 2.86. The number of carbonyl (C=O) groups is 2. The van der Waals surface area contributed by atoms with E-state index in [1.807, 2.05) is 43.3 Å². The fourth-order valence-electron chi connectivity index (χ4n) is 4.77. The summed E-state index contributed by atoms with van der Waals surface area (Å²) >= 11 is 0. The van der Waals surface area contributed by atoms with E-state index in [1.54, 1.807) is 6.20 Å². The molecule has 1 aliphatic rings. The molecule has 0 radical (unpaired) electrons. The number of hydrogen-bond acceptors (Lipinski definition) is 5. The second-order valence-electron chi connectivity index (χ2n) is 9.06. The molecule has 0 bridgehead atoms. The number of pyridine rings is 1. The fraction of sp³-hybridized carbons (Fsp3) is 0.345. The van der Waals surface area contributed by atoms with Gasteiger partial charge < -0.3 is 4.74 Å².